The van der Waals surface area contributed by atoms with Crippen molar-refractivity contribution in [1.29, 1.82) is 0 Å². The molecule has 0 aliphatic carbocycles. The molecule has 0 fully saturated rings. The molecule has 1 unspecified atom stereocenters. The minimum Gasteiger partial charge on any atom is -0.229 e. The van der Waals surface area contributed by atoms with E-state index >= 15 is 0 Å². The van der Waals surface area contributed by atoms with E-state index in [0.717, 1.165) is 6.42 Å². The van der Waals surface area contributed by atoms with Gasteiger partial charge in [0.15, 0.2) is 0 Å². The van der Waals surface area contributed by atoms with Crippen LogP contribution in [0.25, 0.3) is 0 Å². The summed E-state index contributed by atoms with van der Waals surface area (Å²) in [5.74, 6) is 0. The molecule has 1 atom stereocenters. The van der Waals surface area contributed by atoms with Crippen molar-refractivity contribution in [2.75, 3.05) is 0 Å². The van der Waals surface area contributed by atoms with Crippen molar-refractivity contribution in [3.05, 3.63) is 12.2 Å². The number of hydrogen-bond donors (Lipinski definition) is 0. The first-order chi connectivity index (χ1) is 3.27. The zero-order chi connectivity index (χ0) is 5.70. The highest BCUT2D eigenvalue weighted by Crippen LogP contribution is 1.85. The fraction of sp³-hybridized carbons (Fsp3) is 0.667. The van der Waals surface area contributed by atoms with Gasteiger partial charge in [0.2, 0.25) is 0 Å². The van der Waals surface area contributed by atoms with Crippen LogP contribution in [0.2, 0.25) is 0 Å². The van der Waals surface area contributed by atoms with Gasteiger partial charge in [-0.25, -0.2) is 5.11 Å². The van der Waals surface area contributed by atoms with Gasteiger partial charge < -0.3 is 0 Å². The van der Waals surface area contributed by atoms with E-state index in [2.05, 4.69) is 0 Å². The summed E-state index contributed by atoms with van der Waals surface area (Å²) in [7, 11) is 0. The van der Waals surface area contributed by atoms with E-state index in [9.17, 15) is 5.11 Å². The summed E-state index contributed by atoms with van der Waals surface area (Å²) >= 11 is 0. The number of allylic oxidation sites excluding steroid dienone is 1. The fourth-order valence-electron chi connectivity index (χ4n) is 0.328. The van der Waals surface area contributed by atoms with E-state index in [0.29, 0.717) is 0 Å². The Balaban J connectivity index is 3.08. The summed E-state index contributed by atoms with van der Waals surface area (Å²) in [6, 6.07) is 0. The minimum atomic E-state index is -0.528. The standard InChI is InChI=1S/C6H11O/c1-3-4-5-6(2)7/h4-6H,3H2,1-2H3. The molecule has 0 heterocycles. The van der Waals surface area contributed by atoms with Crippen molar-refractivity contribution < 1.29 is 5.11 Å². The maximum Gasteiger partial charge on any atom is 0.108 e. The molecule has 41 valence electrons. The van der Waals surface area contributed by atoms with Crippen LogP contribution in [0.4, 0.5) is 0 Å². The Morgan fingerprint density at radius 1 is 1.71 bits per heavy atom. The second-order valence-corrected chi connectivity index (χ2v) is 1.54. The van der Waals surface area contributed by atoms with Crippen LogP contribution >= 0.6 is 0 Å². The minimum absolute atomic E-state index is 0.528. The van der Waals surface area contributed by atoms with Crippen LogP contribution in [0.15, 0.2) is 12.2 Å². The molecule has 0 rings (SSSR count). The first-order valence-electron chi connectivity index (χ1n) is 2.60. The quantitative estimate of drug-likeness (QED) is 0.470. The fourth-order valence-corrected chi connectivity index (χ4v) is 0.328. The molecule has 1 nitrogen and oxygen atoms in total. The molecular formula is C6H11O. The monoisotopic (exact) mass is 99.1 g/mol. The summed E-state index contributed by atoms with van der Waals surface area (Å²) in [6.07, 6.45) is 3.99. The molecule has 0 N–H and O–H groups in total. The summed E-state index contributed by atoms with van der Waals surface area (Å²) < 4.78 is 0. The van der Waals surface area contributed by atoms with Crippen molar-refractivity contribution in [2.24, 2.45) is 0 Å². The van der Waals surface area contributed by atoms with Crippen LogP contribution in [0, 0.1) is 0 Å². The molecule has 0 saturated carbocycles. The molecule has 0 aromatic carbocycles. The molecule has 0 saturated heterocycles. The third-order valence-corrected chi connectivity index (χ3v) is 0.643. The topological polar surface area (TPSA) is 19.9 Å². The van der Waals surface area contributed by atoms with Gasteiger partial charge in [-0.1, -0.05) is 19.1 Å². The van der Waals surface area contributed by atoms with Gasteiger partial charge in [-0.2, -0.15) is 0 Å². The predicted molar refractivity (Wildman–Crippen MR) is 29.6 cm³/mol. The molecule has 7 heavy (non-hydrogen) atoms. The van der Waals surface area contributed by atoms with Crippen LogP contribution in [-0.2, 0) is 5.11 Å². The Morgan fingerprint density at radius 2 is 2.29 bits per heavy atom. The Kier molecular flexibility index (Phi) is 3.71. The number of rotatable bonds is 2. The molecule has 1 heteroatoms. The average Bonchev–Trinajstić information content (AvgIpc) is 1.61. The first-order valence-corrected chi connectivity index (χ1v) is 2.60. The summed E-state index contributed by atoms with van der Waals surface area (Å²) in [4.78, 5) is 0. The lowest BCUT2D eigenvalue weighted by molar-refractivity contribution is 0.146. The van der Waals surface area contributed by atoms with Crippen LogP contribution in [0.3, 0.4) is 0 Å². The summed E-state index contributed by atoms with van der Waals surface area (Å²) in [5, 5.41) is 10.2. The van der Waals surface area contributed by atoms with Crippen molar-refractivity contribution in [3.8, 4) is 0 Å². The van der Waals surface area contributed by atoms with Crippen LogP contribution in [-0.4, -0.2) is 6.10 Å². The van der Waals surface area contributed by atoms with Crippen molar-refractivity contribution in [3.63, 3.8) is 0 Å². The van der Waals surface area contributed by atoms with Gasteiger partial charge in [-0.3, -0.25) is 0 Å². The molecule has 0 aromatic rings. The number of hydrogen-bond acceptors (Lipinski definition) is 0. The SMILES string of the molecule is CCC=CC(C)[O]. The van der Waals surface area contributed by atoms with Crippen molar-refractivity contribution in [2.45, 2.75) is 26.4 Å². The summed E-state index contributed by atoms with van der Waals surface area (Å²) in [6.45, 7) is 3.64. The van der Waals surface area contributed by atoms with Gasteiger partial charge in [-0.15, -0.1) is 0 Å². The smallest absolute Gasteiger partial charge is 0.108 e. The zero-order valence-electron chi connectivity index (χ0n) is 4.85. The Bertz CT molecular complexity index is 55.2. The lowest BCUT2D eigenvalue weighted by Crippen LogP contribution is -1.87. The van der Waals surface area contributed by atoms with E-state index in [1.807, 2.05) is 13.0 Å². The highest BCUT2D eigenvalue weighted by Gasteiger charge is 1.83. The van der Waals surface area contributed by atoms with E-state index < -0.39 is 6.10 Å². The first kappa shape index (κ1) is 6.70. The summed E-state index contributed by atoms with van der Waals surface area (Å²) in [5.41, 5.74) is 0. The van der Waals surface area contributed by atoms with E-state index in [-0.39, 0.29) is 0 Å². The molecule has 1 radical (unpaired) electrons. The van der Waals surface area contributed by atoms with Gasteiger partial charge >= 0.3 is 0 Å². The molecule has 0 aliphatic heterocycles. The second kappa shape index (κ2) is 3.88. The van der Waals surface area contributed by atoms with Crippen LogP contribution in [0.1, 0.15) is 20.3 Å². The van der Waals surface area contributed by atoms with Crippen molar-refractivity contribution in [1.82, 2.24) is 0 Å². The normalized spacial score (nSPS) is 15.3. The molecule has 0 bridgehead atoms. The maximum atomic E-state index is 10.2. The lowest BCUT2D eigenvalue weighted by Gasteiger charge is -1.85. The van der Waals surface area contributed by atoms with Crippen LogP contribution < -0.4 is 0 Å². The predicted octanol–water partition coefficient (Wildman–Crippen LogP) is 1.77. The van der Waals surface area contributed by atoms with Gasteiger partial charge in [0.25, 0.3) is 0 Å². The lowest BCUT2D eigenvalue weighted by atomic mass is 10.3. The molecular weight excluding hydrogens is 88.1 g/mol. The van der Waals surface area contributed by atoms with Gasteiger partial charge in [0, 0.05) is 0 Å². The Labute approximate surface area is 44.7 Å². The largest absolute Gasteiger partial charge is 0.229 e. The van der Waals surface area contributed by atoms with E-state index in [1.54, 1.807) is 13.0 Å². The van der Waals surface area contributed by atoms with Crippen LogP contribution in [0.5, 0.6) is 0 Å². The Morgan fingerprint density at radius 3 is 2.43 bits per heavy atom. The Hall–Kier alpha value is -0.300. The van der Waals surface area contributed by atoms with Gasteiger partial charge in [0.05, 0.1) is 0 Å². The van der Waals surface area contributed by atoms with Crippen molar-refractivity contribution >= 4 is 0 Å². The highest BCUT2D eigenvalue weighted by molar-refractivity contribution is 4.84. The second-order valence-electron chi connectivity index (χ2n) is 1.54. The van der Waals surface area contributed by atoms with E-state index in [4.69, 9.17) is 0 Å². The third kappa shape index (κ3) is 5.70. The average molecular weight is 99.2 g/mol. The van der Waals surface area contributed by atoms with Gasteiger partial charge in [-0.05, 0) is 13.3 Å². The molecule has 0 spiro atoms. The zero-order valence-corrected chi connectivity index (χ0v) is 4.85. The maximum absolute atomic E-state index is 10.2. The third-order valence-electron chi connectivity index (χ3n) is 0.643. The highest BCUT2D eigenvalue weighted by atomic mass is 16.3. The van der Waals surface area contributed by atoms with E-state index in [1.165, 1.54) is 0 Å². The van der Waals surface area contributed by atoms with Gasteiger partial charge in [0.1, 0.15) is 6.10 Å². The molecule has 0 amide bonds. The molecule has 0 aliphatic rings. The molecule has 0 aromatic heterocycles.